The van der Waals surface area contributed by atoms with Gasteiger partial charge in [0.25, 0.3) is 10.0 Å². The number of thiocarbonyl (C=S) groups is 1. The van der Waals surface area contributed by atoms with Crippen LogP contribution in [-0.4, -0.2) is 55.0 Å². The van der Waals surface area contributed by atoms with Gasteiger partial charge in [-0.05, 0) is 37.2 Å². The van der Waals surface area contributed by atoms with Gasteiger partial charge in [-0.3, -0.25) is 0 Å². The van der Waals surface area contributed by atoms with Crippen LogP contribution in [0.15, 0.2) is 16.3 Å². The van der Waals surface area contributed by atoms with Crippen LogP contribution in [-0.2, 0) is 10.0 Å². The van der Waals surface area contributed by atoms with Gasteiger partial charge in [0.05, 0.1) is 4.34 Å². The summed E-state index contributed by atoms with van der Waals surface area (Å²) in [6.07, 6.45) is 6.18. The summed E-state index contributed by atoms with van der Waals surface area (Å²) in [5.41, 5.74) is 0. The lowest BCUT2D eigenvalue weighted by Crippen LogP contribution is -2.54. The minimum atomic E-state index is -3.44. The zero-order valence-corrected chi connectivity index (χ0v) is 16.6. The molecule has 1 N–H and O–H groups in total. The topological polar surface area (TPSA) is 52.7 Å². The summed E-state index contributed by atoms with van der Waals surface area (Å²) in [6, 6.07) is 3.67. The molecule has 3 rings (SSSR count). The highest BCUT2D eigenvalue weighted by molar-refractivity contribution is 7.91. The van der Waals surface area contributed by atoms with Gasteiger partial charge in [0.15, 0.2) is 5.11 Å². The van der Waals surface area contributed by atoms with Crippen LogP contribution in [0.3, 0.4) is 0 Å². The first kappa shape index (κ1) is 18.4. The van der Waals surface area contributed by atoms with Crippen LogP contribution < -0.4 is 5.32 Å². The van der Waals surface area contributed by atoms with Gasteiger partial charge in [-0.25, -0.2) is 8.42 Å². The average molecular weight is 408 g/mol. The van der Waals surface area contributed by atoms with E-state index in [0.717, 1.165) is 16.4 Å². The molecule has 2 fully saturated rings. The summed E-state index contributed by atoms with van der Waals surface area (Å²) in [6.45, 7) is 2.14. The number of hydrogen-bond donors (Lipinski definition) is 1. The van der Waals surface area contributed by atoms with Crippen LogP contribution in [0.25, 0.3) is 0 Å². The molecule has 0 spiro atoms. The lowest BCUT2D eigenvalue weighted by molar-refractivity contribution is 0.260. The SMILES string of the molecule is O=S(=O)(c1ccc(Cl)s1)N1CCN(C(=S)NC2CCCCC2)CC1. The highest BCUT2D eigenvalue weighted by atomic mass is 35.5. The number of piperazine rings is 1. The molecule has 0 unspecified atom stereocenters. The maximum atomic E-state index is 12.6. The maximum absolute atomic E-state index is 12.6. The molecule has 134 valence electrons. The molecule has 1 aliphatic heterocycles. The molecule has 1 aromatic rings. The molecule has 1 saturated heterocycles. The third-order valence-electron chi connectivity index (χ3n) is 4.60. The van der Waals surface area contributed by atoms with Crippen molar-refractivity contribution in [3.05, 3.63) is 16.5 Å². The number of sulfonamides is 1. The molecule has 1 saturated carbocycles. The minimum Gasteiger partial charge on any atom is -0.360 e. The summed E-state index contributed by atoms with van der Waals surface area (Å²) in [5.74, 6) is 0. The highest BCUT2D eigenvalue weighted by Gasteiger charge is 2.30. The predicted octanol–water partition coefficient (Wildman–Crippen LogP) is 2.92. The number of halogens is 1. The van der Waals surface area contributed by atoms with Gasteiger partial charge in [-0.15, -0.1) is 11.3 Å². The fraction of sp³-hybridized carbons (Fsp3) is 0.667. The Morgan fingerprint density at radius 2 is 1.83 bits per heavy atom. The summed E-state index contributed by atoms with van der Waals surface area (Å²) in [7, 11) is -3.44. The molecule has 0 bridgehead atoms. The molecule has 0 radical (unpaired) electrons. The number of hydrogen-bond acceptors (Lipinski definition) is 4. The zero-order valence-electron chi connectivity index (χ0n) is 13.4. The van der Waals surface area contributed by atoms with E-state index in [1.807, 2.05) is 0 Å². The lowest BCUT2D eigenvalue weighted by atomic mass is 9.96. The van der Waals surface area contributed by atoms with Gasteiger partial charge in [-0.1, -0.05) is 30.9 Å². The lowest BCUT2D eigenvalue weighted by Gasteiger charge is -2.37. The van der Waals surface area contributed by atoms with Crippen LogP contribution in [0.4, 0.5) is 0 Å². The molecule has 2 aliphatic rings. The molecule has 0 atom stereocenters. The molecule has 24 heavy (non-hydrogen) atoms. The predicted molar refractivity (Wildman–Crippen MR) is 102 cm³/mol. The number of nitrogens with one attached hydrogen (secondary N) is 1. The zero-order chi connectivity index (χ0) is 17.2. The van der Waals surface area contributed by atoms with Crippen molar-refractivity contribution in [2.75, 3.05) is 26.2 Å². The van der Waals surface area contributed by atoms with E-state index in [-0.39, 0.29) is 0 Å². The standard InChI is InChI=1S/C15H22ClN3O2S3/c16-13-6-7-14(23-13)24(20,21)19-10-8-18(9-11-19)15(22)17-12-4-2-1-3-5-12/h6-7,12H,1-5,8-11H2,(H,17,22). The average Bonchev–Trinajstić information content (AvgIpc) is 3.03. The van der Waals surface area contributed by atoms with E-state index in [2.05, 4.69) is 10.2 Å². The van der Waals surface area contributed by atoms with E-state index in [9.17, 15) is 8.42 Å². The Bertz CT molecular complexity index is 678. The Kier molecular flexibility index (Phi) is 6.02. The molecule has 2 heterocycles. The molecule has 0 aromatic carbocycles. The first-order chi connectivity index (χ1) is 11.5. The second-order valence-corrected chi connectivity index (χ2v) is 10.5. The third-order valence-corrected chi connectivity index (χ3v) is 8.57. The molecule has 1 aromatic heterocycles. The fourth-order valence-corrected chi connectivity index (χ4v) is 6.62. The van der Waals surface area contributed by atoms with E-state index < -0.39 is 10.0 Å². The first-order valence-corrected chi connectivity index (χ1v) is 11.3. The van der Waals surface area contributed by atoms with Crippen molar-refractivity contribution < 1.29 is 8.42 Å². The minimum absolute atomic E-state index is 0.309. The van der Waals surface area contributed by atoms with Crippen molar-refractivity contribution in [3.8, 4) is 0 Å². The van der Waals surface area contributed by atoms with E-state index in [1.165, 1.54) is 36.4 Å². The van der Waals surface area contributed by atoms with Crippen molar-refractivity contribution in [1.82, 2.24) is 14.5 Å². The van der Waals surface area contributed by atoms with E-state index in [4.69, 9.17) is 23.8 Å². The summed E-state index contributed by atoms with van der Waals surface area (Å²) in [5, 5.41) is 4.21. The highest BCUT2D eigenvalue weighted by Crippen LogP contribution is 2.28. The summed E-state index contributed by atoms with van der Waals surface area (Å²) in [4.78, 5) is 2.08. The molecule has 0 amide bonds. The van der Waals surface area contributed by atoms with Crippen molar-refractivity contribution in [3.63, 3.8) is 0 Å². The van der Waals surface area contributed by atoms with Crippen LogP contribution in [0.1, 0.15) is 32.1 Å². The van der Waals surface area contributed by atoms with Gasteiger partial charge < -0.3 is 10.2 Å². The van der Waals surface area contributed by atoms with Crippen LogP contribution in [0, 0.1) is 0 Å². The number of rotatable bonds is 3. The molecule has 5 nitrogen and oxygen atoms in total. The van der Waals surface area contributed by atoms with Crippen LogP contribution in [0.5, 0.6) is 0 Å². The molecular formula is C15H22ClN3O2S3. The van der Waals surface area contributed by atoms with Crippen molar-refractivity contribution in [2.45, 2.75) is 42.4 Å². The Hall–Kier alpha value is -0.410. The molecule has 1 aliphatic carbocycles. The molecular weight excluding hydrogens is 386 g/mol. The second kappa shape index (κ2) is 7.86. The largest absolute Gasteiger partial charge is 0.360 e. The summed E-state index contributed by atoms with van der Waals surface area (Å²) >= 11 is 12.5. The van der Waals surface area contributed by atoms with Crippen molar-refractivity contribution in [1.29, 1.82) is 0 Å². The Balaban J connectivity index is 1.54. The Labute approximate surface area is 158 Å². The van der Waals surface area contributed by atoms with Gasteiger partial charge >= 0.3 is 0 Å². The third kappa shape index (κ3) is 4.22. The Morgan fingerprint density at radius 3 is 2.42 bits per heavy atom. The van der Waals surface area contributed by atoms with Crippen molar-refractivity contribution >= 4 is 50.3 Å². The summed E-state index contributed by atoms with van der Waals surface area (Å²) < 4.78 is 27.5. The number of nitrogens with zero attached hydrogens (tertiary/aromatic N) is 2. The fourth-order valence-electron chi connectivity index (χ4n) is 3.21. The Morgan fingerprint density at radius 1 is 1.17 bits per heavy atom. The second-order valence-electron chi connectivity index (χ2n) is 6.23. The van der Waals surface area contributed by atoms with E-state index in [1.54, 1.807) is 12.1 Å². The smallest absolute Gasteiger partial charge is 0.252 e. The first-order valence-electron chi connectivity index (χ1n) is 8.28. The molecule has 9 heteroatoms. The van der Waals surface area contributed by atoms with Gasteiger partial charge in [0.1, 0.15) is 4.21 Å². The van der Waals surface area contributed by atoms with Crippen LogP contribution in [0.2, 0.25) is 4.34 Å². The van der Waals surface area contributed by atoms with Crippen LogP contribution >= 0.6 is 35.2 Å². The van der Waals surface area contributed by atoms with Gasteiger partial charge in [-0.2, -0.15) is 4.31 Å². The van der Waals surface area contributed by atoms with E-state index in [0.29, 0.717) is 40.8 Å². The quantitative estimate of drug-likeness (QED) is 0.781. The number of thiophene rings is 1. The van der Waals surface area contributed by atoms with Crippen molar-refractivity contribution in [2.24, 2.45) is 0 Å². The van der Waals surface area contributed by atoms with E-state index >= 15 is 0 Å². The normalized spacial score (nSPS) is 21.0. The maximum Gasteiger partial charge on any atom is 0.252 e. The van der Waals surface area contributed by atoms with Gasteiger partial charge in [0, 0.05) is 32.2 Å². The monoisotopic (exact) mass is 407 g/mol. The van der Waals surface area contributed by atoms with Gasteiger partial charge in [0.2, 0.25) is 0 Å².